The van der Waals surface area contributed by atoms with Crippen molar-refractivity contribution < 1.29 is 28.6 Å². The minimum Gasteiger partial charge on any atom is -0.462 e. The molecule has 81 heavy (non-hydrogen) atoms. The number of ether oxygens (including phenoxy) is 3. The molecule has 0 amide bonds. The molecule has 480 valence electrons. The molecule has 0 heterocycles. The maximum atomic E-state index is 12.9. The molecule has 0 aliphatic carbocycles. The molecule has 0 aromatic carbocycles. The van der Waals surface area contributed by atoms with Crippen LogP contribution in [0.3, 0.4) is 0 Å². The molecule has 0 rings (SSSR count). The lowest BCUT2D eigenvalue weighted by Gasteiger charge is -2.18. The molecule has 6 heteroatoms. The highest BCUT2D eigenvalue weighted by molar-refractivity contribution is 5.71. The minimum absolute atomic E-state index is 0.0657. The largest absolute Gasteiger partial charge is 0.462 e. The predicted molar refractivity (Wildman–Crippen MR) is 353 cm³/mol. The Morgan fingerprint density at radius 3 is 0.642 bits per heavy atom. The van der Waals surface area contributed by atoms with Crippen molar-refractivity contribution in [2.24, 2.45) is 0 Å². The Hall–Kier alpha value is -1.85. The van der Waals surface area contributed by atoms with Crippen molar-refractivity contribution in [1.82, 2.24) is 0 Å². The van der Waals surface area contributed by atoms with Gasteiger partial charge in [-0.1, -0.05) is 380 Å². The molecule has 0 fully saturated rings. The maximum Gasteiger partial charge on any atom is 0.306 e. The molecular formula is C75H144O6. The van der Waals surface area contributed by atoms with Gasteiger partial charge >= 0.3 is 17.9 Å². The zero-order valence-electron chi connectivity index (χ0n) is 55.4. The summed E-state index contributed by atoms with van der Waals surface area (Å²) >= 11 is 0. The lowest BCUT2D eigenvalue weighted by molar-refractivity contribution is -0.167. The van der Waals surface area contributed by atoms with Crippen LogP contribution in [0.5, 0.6) is 0 Å². The summed E-state index contributed by atoms with van der Waals surface area (Å²) < 4.78 is 17.0. The number of hydrogen-bond donors (Lipinski definition) is 0. The number of allylic oxidation sites excluding steroid dienone is 2. The van der Waals surface area contributed by atoms with Crippen LogP contribution >= 0.6 is 0 Å². The molecule has 0 aliphatic rings. The van der Waals surface area contributed by atoms with Crippen LogP contribution < -0.4 is 0 Å². The molecule has 1 atom stereocenters. The van der Waals surface area contributed by atoms with Gasteiger partial charge in [-0.15, -0.1) is 0 Å². The topological polar surface area (TPSA) is 78.9 Å². The highest BCUT2D eigenvalue weighted by Crippen LogP contribution is 2.20. The van der Waals surface area contributed by atoms with E-state index in [0.29, 0.717) is 19.3 Å². The van der Waals surface area contributed by atoms with Crippen molar-refractivity contribution in [3.8, 4) is 0 Å². The first kappa shape index (κ1) is 79.2. The molecule has 0 spiro atoms. The van der Waals surface area contributed by atoms with Crippen molar-refractivity contribution in [2.75, 3.05) is 13.2 Å². The van der Waals surface area contributed by atoms with Gasteiger partial charge in [-0.3, -0.25) is 14.4 Å². The summed E-state index contributed by atoms with van der Waals surface area (Å²) in [5, 5.41) is 0. The van der Waals surface area contributed by atoms with Gasteiger partial charge in [0.05, 0.1) is 0 Å². The second kappa shape index (κ2) is 70.6. The van der Waals surface area contributed by atoms with E-state index in [-0.39, 0.29) is 31.1 Å². The van der Waals surface area contributed by atoms with Crippen LogP contribution in [0.2, 0.25) is 0 Å². The lowest BCUT2D eigenvalue weighted by Crippen LogP contribution is -2.30. The summed E-state index contributed by atoms with van der Waals surface area (Å²) in [6.45, 7) is 6.70. The molecule has 0 aliphatic heterocycles. The highest BCUT2D eigenvalue weighted by Gasteiger charge is 2.20. The Morgan fingerprint density at radius 2 is 0.407 bits per heavy atom. The Balaban J connectivity index is 4.11. The first-order valence-corrected chi connectivity index (χ1v) is 37.2. The maximum absolute atomic E-state index is 12.9. The molecule has 0 radical (unpaired) electrons. The van der Waals surface area contributed by atoms with Crippen molar-refractivity contribution >= 4 is 17.9 Å². The second-order valence-electron chi connectivity index (χ2n) is 25.6. The van der Waals surface area contributed by atoms with Gasteiger partial charge in [-0.2, -0.15) is 0 Å². The third-order valence-electron chi connectivity index (χ3n) is 17.3. The van der Waals surface area contributed by atoms with Crippen LogP contribution in [-0.2, 0) is 28.6 Å². The Bertz CT molecular complexity index is 1260. The zero-order valence-corrected chi connectivity index (χ0v) is 55.4. The molecule has 0 bridgehead atoms. The molecule has 0 saturated heterocycles. The fraction of sp³-hybridized carbons (Fsp3) is 0.933. The van der Waals surface area contributed by atoms with Gasteiger partial charge in [0.25, 0.3) is 0 Å². The number of unbranched alkanes of at least 4 members (excludes halogenated alkanes) is 57. The van der Waals surface area contributed by atoms with Gasteiger partial charge in [0.1, 0.15) is 13.2 Å². The second-order valence-corrected chi connectivity index (χ2v) is 25.6. The first-order valence-electron chi connectivity index (χ1n) is 37.2. The summed E-state index contributed by atoms with van der Waals surface area (Å²) in [4.78, 5) is 38.4. The summed E-state index contributed by atoms with van der Waals surface area (Å²) in [6, 6.07) is 0. The van der Waals surface area contributed by atoms with E-state index in [9.17, 15) is 14.4 Å². The lowest BCUT2D eigenvalue weighted by atomic mass is 10.0. The normalized spacial score (nSPS) is 12.0. The average molecular weight is 1140 g/mol. The van der Waals surface area contributed by atoms with E-state index in [4.69, 9.17) is 14.2 Å². The van der Waals surface area contributed by atoms with Crippen molar-refractivity contribution in [3.05, 3.63) is 12.2 Å². The van der Waals surface area contributed by atoms with Crippen LogP contribution in [0.1, 0.15) is 432 Å². The molecule has 0 N–H and O–H groups in total. The van der Waals surface area contributed by atoms with Crippen molar-refractivity contribution in [3.63, 3.8) is 0 Å². The molecule has 0 aromatic heterocycles. The van der Waals surface area contributed by atoms with Gasteiger partial charge in [0.2, 0.25) is 0 Å². The van der Waals surface area contributed by atoms with E-state index in [1.165, 1.54) is 327 Å². The quantitative estimate of drug-likeness (QED) is 0.0261. The van der Waals surface area contributed by atoms with Crippen LogP contribution in [0.25, 0.3) is 0 Å². The molecular weight excluding hydrogens is 997 g/mol. The Kier molecular flexibility index (Phi) is 69.0. The predicted octanol–water partition coefficient (Wildman–Crippen LogP) is 25.6. The zero-order chi connectivity index (χ0) is 58.5. The summed E-state index contributed by atoms with van der Waals surface area (Å²) in [7, 11) is 0. The van der Waals surface area contributed by atoms with Crippen molar-refractivity contribution in [1.29, 1.82) is 0 Å². The molecule has 0 aromatic rings. The molecule has 1 unspecified atom stereocenters. The number of carbonyl (C=O) groups excluding carboxylic acids is 3. The highest BCUT2D eigenvalue weighted by atomic mass is 16.6. The van der Waals surface area contributed by atoms with Gasteiger partial charge in [0, 0.05) is 19.3 Å². The van der Waals surface area contributed by atoms with Crippen molar-refractivity contribution in [2.45, 2.75) is 438 Å². The number of carbonyl (C=O) groups is 3. The Morgan fingerprint density at radius 1 is 0.235 bits per heavy atom. The van der Waals surface area contributed by atoms with E-state index in [1.54, 1.807) is 0 Å². The summed E-state index contributed by atoms with van der Waals surface area (Å²) in [5.41, 5.74) is 0. The average Bonchev–Trinajstić information content (AvgIpc) is 3.47. The van der Waals surface area contributed by atoms with Gasteiger partial charge in [-0.05, 0) is 44.9 Å². The van der Waals surface area contributed by atoms with E-state index in [2.05, 4.69) is 32.9 Å². The van der Waals surface area contributed by atoms with E-state index in [0.717, 1.165) is 64.2 Å². The number of rotatable bonds is 70. The monoisotopic (exact) mass is 1140 g/mol. The summed E-state index contributed by atoms with van der Waals surface area (Å²) in [5.74, 6) is -0.839. The number of esters is 3. The third kappa shape index (κ3) is 68.8. The van der Waals surface area contributed by atoms with Gasteiger partial charge in [-0.25, -0.2) is 0 Å². The smallest absolute Gasteiger partial charge is 0.306 e. The minimum atomic E-state index is -0.770. The standard InChI is InChI=1S/C75H144O6/c1-4-7-10-13-16-19-22-25-27-29-31-33-34-35-36-37-38-39-40-41-43-44-46-48-50-53-56-59-62-65-68-74(77)80-71-72(70-79-73(76)67-64-61-58-55-52-24-21-18-15-12-9-6-3)81-75(78)69-66-63-60-57-54-51-49-47-45-42-32-30-28-26-23-20-17-14-11-8-5-2/h18,21,72H,4-17,19-20,22-71H2,1-3H3/b21-18-. The van der Waals surface area contributed by atoms with Crippen LogP contribution in [0.15, 0.2) is 12.2 Å². The summed E-state index contributed by atoms with van der Waals surface area (Å²) in [6.07, 6.45) is 85.6. The molecule has 0 saturated carbocycles. The van der Waals surface area contributed by atoms with E-state index < -0.39 is 6.10 Å². The van der Waals surface area contributed by atoms with Crippen LogP contribution in [0, 0.1) is 0 Å². The van der Waals surface area contributed by atoms with Gasteiger partial charge < -0.3 is 14.2 Å². The SMILES string of the molecule is CCCCC/C=C\CCCCCCCC(=O)OCC(COC(=O)CCCCCCCCCCCCCCCCCCCCCCCCCCCCCCCC)OC(=O)CCCCCCCCCCCCCCCCCCCCCCC. The third-order valence-corrected chi connectivity index (χ3v) is 17.3. The van der Waals surface area contributed by atoms with Crippen LogP contribution in [-0.4, -0.2) is 37.2 Å². The number of hydrogen-bond acceptors (Lipinski definition) is 6. The molecule has 6 nitrogen and oxygen atoms in total. The van der Waals surface area contributed by atoms with E-state index in [1.807, 2.05) is 0 Å². The fourth-order valence-corrected chi connectivity index (χ4v) is 11.7. The fourth-order valence-electron chi connectivity index (χ4n) is 11.7. The van der Waals surface area contributed by atoms with E-state index >= 15 is 0 Å². The van der Waals surface area contributed by atoms with Crippen LogP contribution in [0.4, 0.5) is 0 Å². The van der Waals surface area contributed by atoms with Gasteiger partial charge in [0.15, 0.2) is 6.10 Å². The Labute approximate surface area is 507 Å². The first-order chi connectivity index (χ1) is 40.0.